The second kappa shape index (κ2) is 9.88. The van der Waals surface area contributed by atoms with Crippen molar-refractivity contribution in [3.05, 3.63) is 109 Å². The van der Waals surface area contributed by atoms with Crippen molar-refractivity contribution in [3.63, 3.8) is 0 Å². The average molecular weight is 511 g/mol. The zero-order valence-electron chi connectivity index (χ0n) is 22.6. The summed E-state index contributed by atoms with van der Waals surface area (Å²) in [6.45, 7) is 8.25. The van der Waals surface area contributed by atoms with E-state index in [1.54, 1.807) is 0 Å². The second-order valence-corrected chi connectivity index (χ2v) is 10.8. The molecule has 39 heavy (non-hydrogen) atoms. The third kappa shape index (κ3) is 4.89. The van der Waals surface area contributed by atoms with Crippen molar-refractivity contribution in [2.45, 2.75) is 38.9 Å². The average Bonchev–Trinajstić information content (AvgIpc) is 3.20. The first-order valence-corrected chi connectivity index (χ1v) is 13.2. The van der Waals surface area contributed by atoms with Crippen molar-refractivity contribution in [1.29, 1.82) is 0 Å². The van der Waals surface area contributed by atoms with Crippen molar-refractivity contribution in [2.75, 3.05) is 0 Å². The van der Waals surface area contributed by atoms with Crippen molar-refractivity contribution in [2.24, 2.45) is 0 Å². The summed E-state index contributed by atoms with van der Waals surface area (Å²) < 4.78 is 12.5. The summed E-state index contributed by atoms with van der Waals surface area (Å²) in [5.74, 6) is 1.88. The fourth-order valence-corrected chi connectivity index (χ4v) is 4.66. The maximum atomic E-state index is 6.24. The Balaban J connectivity index is 1.43. The van der Waals surface area contributed by atoms with Crippen molar-refractivity contribution in [3.8, 4) is 45.3 Å². The third-order valence-corrected chi connectivity index (χ3v) is 7.61. The Morgan fingerprint density at radius 2 is 0.897 bits per heavy atom. The van der Waals surface area contributed by atoms with E-state index in [0.29, 0.717) is 17.5 Å². The number of benzene rings is 4. The zero-order valence-corrected chi connectivity index (χ0v) is 22.6. The summed E-state index contributed by atoms with van der Waals surface area (Å²) in [6.07, 6.45) is 0. The highest BCUT2D eigenvalue weighted by molar-refractivity contribution is 6.62. The molecule has 0 spiro atoms. The quantitative estimate of drug-likeness (QED) is 0.242. The van der Waals surface area contributed by atoms with E-state index in [-0.39, 0.29) is 0 Å². The minimum absolute atomic E-state index is 0.393. The Hall–Kier alpha value is -4.13. The van der Waals surface area contributed by atoms with Crippen LogP contribution in [0.15, 0.2) is 109 Å². The summed E-state index contributed by atoms with van der Waals surface area (Å²) in [6, 6.07) is 36.7. The summed E-state index contributed by atoms with van der Waals surface area (Å²) in [7, 11) is -0.421. The second-order valence-electron chi connectivity index (χ2n) is 10.8. The zero-order chi connectivity index (χ0) is 27.0. The lowest BCUT2D eigenvalue weighted by molar-refractivity contribution is 0.00578. The molecule has 6 rings (SSSR count). The Kier molecular flexibility index (Phi) is 6.38. The van der Waals surface area contributed by atoms with Gasteiger partial charge in [-0.3, -0.25) is 0 Å². The van der Waals surface area contributed by atoms with E-state index in [1.807, 2.05) is 84.9 Å². The largest absolute Gasteiger partial charge is 0.494 e. The van der Waals surface area contributed by atoms with Gasteiger partial charge in [-0.2, -0.15) is 0 Å². The maximum Gasteiger partial charge on any atom is 0.494 e. The number of hydrogen-bond donors (Lipinski definition) is 0. The van der Waals surface area contributed by atoms with Crippen molar-refractivity contribution < 1.29 is 9.31 Å². The molecule has 1 fully saturated rings. The molecule has 0 atom stereocenters. The van der Waals surface area contributed by atoms with Gasteiger partial charge in [0.25, 0.3) is 0 Å². The summed E-state index contributed by atoms with van der Waals surface area (Å²) >= 11 is 0. The predicted molar refractivity (Wildman–Crippen MR) is 157 cm³/mol. The van der Waals surface area contributed by atoms with Crippen LogP contribution >= 0.6 is 0 Å². The van der Waals surface area contributed by atoms with E-state index in [4.69, 9.17) is 24.3 Å². The van der Waals surface area contributed by atoms with Crippen LogP contribution in [0.4, 0.5) is 0 Å². The molecular formula is C33H30BN3O2. The molecule has 1 aromatic heterocycles. The van der Waals surface area contributed by atoms with Gasteiger partial charge in [0.1, 0.15) is 0 Å². The summed E-state index contributed by atoms with van der Waals surface area (Å²) in [5.41, 5.74) is 5.16. The van der Waals surface area contributed by atoms with Crippen molar-refractivity contribution >= 4 is 12.6 Å². The molecule has 0 bridgehead atoms. The first-order chi connectivity index (χ1) is 18.8. The van der Waals surface area contributed by atoms with Crippen LogP contribution in [0.2, 0.25) is 0 Å². The number of hydrogen-bond acceptors (Lipinski definition) is 5. The van der Waals surface area contributed by atoms with Gasteiger partial charge in [-0.25, -0.2) is 15.0 Å². The van der Waals surface area contributed by atoms with Gasteiger partial charge < -0.3 is 9.31 Å². The molecule has 6 heteroatoms. The highest BCUT2D eigenvalue weighted by atomic mass is 16.7. The molecule has 0 unspecified atom stereocenters. The Morgan fingerprint density at radius 3 is 1.46 bits per heavy atom. The van der Waals surface area contributed by atoms with Crippen LogP contribution in [0.25, 0.3) is 45.3 Å². The van der Waals surface area contributed by atoms with E-state index in [1.165, 1.54) is 0 Å². The number of rotatable bonds is 5. The van der Waals surface area contributed by atoms with Gasteiger partial charge in [0.2, 0.25) is 0 Å². The molecule has 1 aliphatic rings. The Bertz CT molecular complexity index is 1590. The molecule has 2 heterocycles. The SMILES string of the molecule is CC1(C)OB(c2ccc(-c3nc(-c4ccccc4)nc(-c4ccccc4-c4ccccc4)n3)cc2)OC1(C)C. The normalized spacial score (nSPS) is 15.8. The van der Waals surface area contributed by atoms with Crippen LogP contribution in [0, 0.1) is 0 Å². The molecule has 5 nitrogen and oxygen atoms in total. The molecule has 0 aliphatic carbocycles. The monoisotopic (exact) mass is 511 g/mol. The van der Waals surface area contributed by atoms with Gasteiger partial charge >= 0.3 is 7.12 Å². The summed E-state index contributed by atoms with van der Waals surface area (Å²) in [4.78, 5) is 14.8. The molecule has 0 saturated carbocycles. The highest BCUT2D eigenvalue weighted by Gasteiger charge is 2.51. The fourth-order valence-electron chi connectivity index (χ4n) is 4.66. The molecule has 0 N–H and O–H groups in total. The highest BCUT2D eigenvalue weighted by Crippen LogP contribution is 2.37. The first-order valence-electron chi connectivity index (χ1n) is 13.2. The molecule has 192 valence electrons. The maximum absolute atomic E-state index is 6.24. The first kappa shape index (κ1) is 25.2. The number of nitrogens with zero attached hydrogens (tertiary/aromatic N) is 3. The van der Waals surface area contributed by atoms with Gasteiger partial charge in [-0.05, 0) is 44.3 Å². The smallest absolute Gasteiger partial charge is 0.399 e. The van der Waals surface area contributed by atoms with E-state index >= 15 is 0 Å². The van der Waals surface area contributed by atoms with Crippen LogP contribution in [-0.2, 0) is 9.31 Å². The topological polar surface area (TPSA) is 57.1 Å². The van der Waals surface area contributed by atoms with Crippen LogP contribution in [0.5, 0.6) is 0 Å². The minimum Gasteiger partial charge on any atom is -0.399 e. The molecule has 1 saturated heterocycles. The van der Waals surface area contributed by atoms with E-state index in [0.717, 1.165) is 33.3 Å². The van der Waals surface area contributed by atoms with Gasteiger partial charge in [0.15, 0.2) is 17.5 Å². The lowest BCUT2D eigenvalue weighted by Gasteiger charge is -2.32. The summed E-state index contributed by atoms with van der Waals surface area (Å²) in [5, 5.41) is 0. The molecular weight excluding hydrogens is 481 g/mol. The van der Waals surface area contributed by atoms with E-state index in [9.17, 15) is 0 Å². The molecule has 5 aromatic rings. The number of aromatic nitrogens is 3. The van der Waals surface area contributed by atoms with E-state index < -0.39 is 18.3 Å². The predicted octanol–water partition coefficient (Wildman–Crippen LogP) is 6.84. The third-order valence-electron chi connectivity index (χ3n) is 7.61. The van der Waals surface area contributed by atoms with Crippen LogP contribution in [-0.4, -0.2) is 33.3 Å². The van der Waals surface area contributed by atoms with Crippen molar-refractivity contribution in [1.82, 2.24) is 15.0 Å². The molecule has 0 radical (unpaired) electrons. The molecule has 4 aromatic carbocycles. The van der Waals surface area contributed by atoms with Crippen LogP contribution in [0.3, 0.4) is 0 Å². The molecule has 0 amide bonds. The van der Waals surface area contributed by atoms with Gasteiger partial charge in [0.05, 0.1) is 11.2 Å². The van der Waals surface area contributed by atoms with E-state index in [2.05, 4.69) is 52.0 Å². The molecule has 1 aliphatic heterocycles. The lowest BCUT2D eigenvalue weighted by atomic mass is 9.79. The van der Waals surface area contributed by atoms with Gasteiger partial charge in [0, 0.05) is 16.7 Å². The van der Waals surface area contributed by atoms with Crippen LogP contribution in [0.1, 0.15) is 27.7 Å². The lowest BCUT2D eigenvalue weighted by Crippen LogP contribution is -2.41. The Labute approximate surface area is 230 Å². The van der Waals surface area contributed by atoms with Crippen LogP contribution < -0.4 is 5.46 Å². The standard InChI is InChI=1S/C33H30BN3O2/c1-32(2)33(3,4)39-34(38-32)26-21-19-25(20-22-26)30-35-29(24-15-9-6-10-16-24)36-31(37-30)28-18-12-11-17-27(28)23-13-7-5-8-14-23/h5-22H,1-4H3. The minimum atomic E-state index is -0.421. The van der Waals surface area contributed by atoms with Gasteiger partial charge in [-0.1, -0.05) is 109 Å². The van der Waals surface area contributed by atoms with Gasteiger partial charge in [-0.15, -0.1) is 0 Å². The Morgan fingerprint density at radius 1 is 0.462 bits per heavy atom. The fraction of sp³-hybridized carbons (Fsp3) is 0.182.